The van der Waals surface area contributed by atoms with Gasteiger partial charge in [0, 0.05) is 44.1 Å². The van der Waals surface area contributed by atoms with E-state index < -0.39 is 5.60 Å². The molecule has 0 unspecified atom stereocenters. The van der Waals surface area contributed by atoms with Gasteiger partial charge in [-0.1, -0.05) is 0 Å². The molecule has 3 rings (SSSR count). The molecule has 0 saturated carbocycles. The van der Waals surface area contributed by atoms with Crippen molar-refractivity contribution >= 4 is 17.8 Å². The third-order valence-electron chi connectivity index (χ3n) is 5.18. The van der Waals surface area contributed by atoms with Crippen molar-refractivity contribution in [3.63, 3.8) is 0 Å². The van der Waals surface area contributed by atoms with E-state index >= 15 is 0 Å². The largest absolute Gasteiger partial charge is 0.444 e. The van der Waals surface area contributed by atoms with Crippen LogP contribution in [0.5, 0.6) is 0 Å². The van der Waals surface area contributed by atoms with Gasteiger partial charge >= 0.3 is 6.09 Å². The number of amides is 2. The van der Waals surface area contributed by atoms with Gasteiger partial charge < -0.3 is 24.4 Å². The van der Waals surface area contributed by atoms with E-state index in [9.17, 15) is 9.59 Å². The number of piperidine rings is 1. The Morgan fingerprint density at radius 2 is 1.90 bits per heavy atom. The Kier molecular flexibility index (Phi) is 7.04. The molecule has 0 aromatic carbocycles. The number of carbonyl (C=O) groups is 2. The van der Waals surface area contributed by atoms with Crippen LogP contribution in [0.25, 0.3) is 0 Å². The van der Waals surface area contributed by atoms with Crippen LogP contribution < -0.4 is 5.32 Å². The molecule has 9 heteroatoms. The van der Waals surface area contributed by atoms with Crippen LogP contribution in [0.4, 0.5) is 10.6 Å². The van der Waals surface area contributed by atoms with Gasteiger partial charge in [-0.25, -0.2) is 4.79 Å². The van der Waals surface area contributed by atoms with Gasteiger partial charge in [0.25, 0.3) is 5.91 Å². The van der Waals surface area contributed by atoms with Crippen molar-refractivity contribution < 1.29 is 14.3 Å². The minimum atomic E-state index is -0.501. The summed E-state index contributed by atoms with van der Waals surface area (Å²) >= 11 is 0. The molecular weight excluding hydrogens is 396 g/mol. The molecule has 1 N–H and O–H groups in total. The second-order valence-electron chi connectivity index (χ2n) is 9.22. The van der Waals surface area contributed by atoms with Crippen molar-refractivity contribution in [2.75, 3.05) is 39.0 Å². The summed E-state index contributed by atoms with van der Waals surface area (Å²) in [5.41, 5.74) is 0.0950. The molecule has 2 amide bonds. The fourth-order valence-corrected chi connectivity index (χ4v) is 3.59. The third kappa shape index (κ3) is 6.33. The Balaban J connectivity index is 1.57. The van der Waals surface area contributed by atoms with E-state index in [0.717, 1.165) is 25.9 Å². The second kappa shape index (κ2) is 9.55. The lowest BCUT2D eigenvalue weighted by Crippen LogP contribution is -2.42. The van der Waals surface area contributed by atoms with Gasteiger partial charge in [0.15, 0.2) is 5.82 Å². The number of likely N-dealkylation sites (N-methyl/N-ethyl adjacent to an activating group) is 1. The van der Waals surface area contributed by atoms with Gasteiger partial charge in [-0.3, -0.25) is 9.48 Å². The van der Waals surface area contributed by atoms with Gasteiger partial charge in [-0.2, -0.15) is 5.10 Å². The average Bonchev–Trinajstić information content (AvgIpc) is 3.34. The summed E-state index contributed by atoms with van der Waals surface area (Å²) in [5.74, 6) is 0.355. The molecule has 2 aromatic rings. The zero-order valence-corrected chi connectivity index (χ0v) is 19.2. The summed E-state index contributed by atoms with van der Waals surface area (Å²) in [6.07, 6.45) is 5.06. The van der Waals surface area contributed by atoms with Gasteiger partial charge in [0.2, 0.25) is 0 Å². The van der Waals surface area contributed by atoms with Crippen molar-refractivity contribution in [2.45, 2.75) is 51.8 Å². The predicted octanol–water partition coefficient (Wildman–Crippen LogP) is 3.07. The molecule has 1 saturated heterocycles. The van der Waals surface area contributed by atoms with Crippen LogP contribution in [0, 0.1) is 0 Å². The maximum absolute atomic E-state index is 12.9. The van der Waals surface area contributed by atoms with Crippen molar-refractivity contribution in [3.05, 3.63) is 36.3 Å². The van der Waals surface area contributed by atoms with Crippen LogP contribution >= 0.6 is 0 Å². The van der Waals surface area contributed by atoms with E-state index in [2.05, 4.69) is 15.3 Å². The predicted molar refractivity (Wildman–Crippen MR) is 119 cm³/mol. The molecule has 9 nitrogen and oxygen atoms in total. The number of carbonyl (C=O) groups excluding carboxylic acids is 2. The lowest BCUT2D eigenvalue weighted by Gasteiger charge is -2.34. The number of likely N-dealkylation sites (tertiary alicyclic amines) is 1. The topological polar surface area (TPSA) is 84.6 Å². The maximum Gasteiger partial charge on any atom is 0.410 e. The molecular formula is C22H34N6O3. The van der Waals surface area contributed by atoms with Crippen LogP contribution in [-0.4, -0.2) is 75.5 Å². The first kappa shape index (κ1) is 22.9. The zero-order chi connectivity index (χ0) is 22.6. The number of rotatable bonds is 6. The SMILES string of the molecule is CN(C)CCn1ccc(NC(=O)c2cccn2C2CCN(C(=O)OC(C)(C)C)CC2)n1. The standard InChI is InChI=1S/C22H34N6O3/c1-22(2,3)31-21(30)26-12-8-17(9-13-26)28-11-6-7-18(28)20(29)23-19-10-14-27(24-19)16-15-25(4)5/h6-7,10-11,14,17H,8-9,12-13,15-16H2,1-5H3,(H,23,24,29). The molecule has 0 atom stereocenters. The number of nitrogens with one attached hydrogen (secondary N) is 1. The average molecular weight is 431 g/mol. The maximum atomic E-state index is 12.9. The monoisotopic (exact) mass is 430 g/mol. The zero-order valence-electron chi connectivity index (χ0n) is 19.2. The molecule has 0 aliphatic carbocycles. The molecule has 2 aromatic heterocycles. The van der Waals surface area contributed by atoms with E-state index in [1.165, 1.54) is 0 Å². The molecule has 0 bridgehead atoms. The van der Waals surface area contributed by atoms with Crippen LogP contribution in [0.15, 0.2) is 30.6 Å². The lowest BCUT2D eigenvalue weighted by atomic mass is 10.0. The summed E-state index contributed by atoms with van der Waals surface area (Å²) < 4.78 is 9.29. The molecule has 1 aliphatic heterocycles. The molecule has 31 heavy (non-hydrogen) atoms. The van der Waals surface area contributed by atoms with E-state index in [1.807, 2.05) is 68.6 Å². The van der Waals surface area contributed by atoms with Crippen LogP contribution in [0.3, 0.4) is 0 Å². The molecule has 3 heterocycles. The number of anilines is 1. The first-order chi connectivity index (χ1) is 14.6. The normalized spacial score (nSPS) is 15.4. The molecule has 1 aliphatic rings. The summed E-state index contributed by atoms with van der Waals surface area (Å²) in [4.78, 5) is 29.0. The first-order valence-corrected chi connectivity index (χ1v) is 10.8. The van der Waals surface area contributed by atoms with Gasteiger partial charge in [0.1, 0.15) is 11.3 Å². The Bertz CT molecular complexity index is 887. The van der Waals surface area contributed by atoms with Gasteiger partial charge in [-0.05, 0) is 59.8 Å². The van der Waals surface area contributed by atoms with Crippen molar-refractivity contribution in [2.24, 2.45) is 0 Å². The Morgan fingerprint density at radius 3 is 2.55 bits per heavy atom. The summed E-state index contributed by atoms with van der Waals surface area (Å²) in [6, 6.07) is 5.66. The quantitative estimate of drug-likeness (QED) is 0.761. The highest BCUT2D eigenvalue weighted by atomic mass is 16.6. The fraction of sp³-hybridized carbons (Fsp3) is 0.591. The summed E-state index contributed by atoms with van der Waals surface area (Å²) in [5, 5.41) is 7.32. The van der Waals surface area contributed by atoms with Gasteiger partial charge in [-0.15, -0.1) is 0 Å². The van der Waals surface area contributed by atoms with Crippen molar-refractivity contribution in [3.8, 4) is 0 Å². The fourth-order valence-electron chi connectivity index (χ4n) is 3.59. The lowest BCUT2D eigenvalue weighted by molar-refractivity contribution is 0.0187. The summed E-state index contributed by atoms with van der Waals surface area (Å²) in [7, 11) is 4.02. The van der Waals surface area contributed by atoms with Crippen LogP contribution in [0.2, 0.25) is 0 Å². The second-order valence-corrected chi connectivity index (χ2v) is 9.22. The van der Waals surface area contributed by atoms with Gasteiger partial charge in [0.05, 0.1) is 6.54 Å². The highest BCUT2D eigenvalue weighted by Gasteiger charge is 2.28. The third-order valence-corrected chi connectivity index (χ3v) is 5.18. The number of ether oxygens (including phenoxy) is 1. The van der Waals surface area contributed by atoms with Crippen molar-refractivity contribution in [1.29, 1.82) is 0 Å². The molecule has 0 spiro atoms. The number of hydrogen-bond donors (Lipinski definition) is 1. The van der Waals surface area contributed by atoms with Crippen LogP contribution in [0.1, 0.15) is 50.1 Å². The van der Waals surface area contributed by atoms with Crippen LogP contribution in [-0.2, 0) is 11.3 Å². The molecule has 170 valence electrons. The highest BCUT2D eigenvalue weighted by molar-refractivity contribution is 6.02. The van der Waals surface area contributed by atoms with E-state index in [1.54, 1.807) is 11.0 Å². The smallest absolute Gasteiger partial charge is 0.410 e. The summed E-state index contributed by atoms with van der Waals surface area (Å²) in [6.45, 7) is 8.45. The minimum absolute atomic E-state index is 0.159. The Hall–Kier alpha value is -2.81. The number of aromatic nitrogens is 3. The van der Waals surface area contributed by atoms with Crippen molar-refractivity contribution in [1.82, 2.24) is 24.1 Å². The first-order valence-electron chi connectivity index (χ1n) is 10.8. The Labute approximate surface area is 183 Å². The number of nitrogens with zero attached hydrogens (tertiary/aromatic N) is 5. The van der Waals surface area contributed by atoms with E-state index in [4.69, 9.17) is 4.74 Å². The van der Waals surface area contributed by atoms with E-state index in [0.29, 0.717) is 24.6 Å². The number of hydrogen-bond acceptors (Lipinski definition) is 5. The Morgan fingerprint density at radius 1 is 1.19 bits per heavy atom. The highest BCUT2D eigenvalue weighted by Crippen LogP contribution is 2.26. The molecule has 1 fully saturated rings. The van der Waals surface area contributed by atoms with E-state index in [-0.39, 0.29) is 18.0 Å². The minimum Gasteiger partial charge on any atom is -0.444 e. The molecule has 0 radical (unpaired) electrons.